The lowest BCUT2D eigenvalue weighted by Gasteiger charge is -2.20. The van der Waals surface area contributed by atoms with Gasteiger partial charge in [-0.2, -0.15) is 0 Å². The van der Waals surface area contributed by atoms with Crippen LogP contribution in [-0.2, 0) is 16.0 Å². The Bertz CT molecular complexity index is 538. The minimum Gasteiger partial charge on any atom is -0.355 e. The molecule has 5 heteroatoms. The Labute approximate surface area is 152 Å². The number of carbonyl (C=O) groups excluding carboxylic acids is 2. The van der Waals surface area contributed by atoms with Gasteiger partial charge in [-0.05, 0) is 24.8 Å². The van der Waals surface area contributed by atoms with Crippen LogP contribution in [0.3, 0.4) is 0 Å². The van der Waals surface area contributed by atoms with Gasteiger partial charge in [-0.1, -0.05) is 52.0 Å². The average molecular weight is 349 g/mol. The third-order valence-corrected chi connectivity index (χ3v) is 4.10. The van der Waals surface area contributed by atoms with Crippen molar-refractivity contribution in [2.45, 2.75) is 47.1 Å². The molecule has 1 aromatic rings. The molecule has 0 saturated heterocycles. The Balaban J connectivity index is 2.56. The summed E-state index contributed by atoms with van der Waals surface area (Å²) < 4.78 is 0. The van der Waals surface area contributed by atoms with E-state index in [9.17, 15) is 9.59 Å². The second kappa shape index (κ2) is 10.9. The molecule has 0 fully saturated rings. The summed E-state index contributed by atoms with van der Waals surface area (Å²) in [6.07, 6.45) is 1.08. The zero-order valence-corrected chi connectivity index (χ0v) is 16.3. The number of hydrogen-bond acceptors (Lipinski definition) is 2. The molecular weight excluding hydrogens is 314 g/mol. The maximum atomic E-state index is 12.0. The highest BCUT2D eigenvalue weighted by atomic mass is 16.2. The van der Waals surface area contributed by atoms with Crippen molar-refractivity contribution in [3.63, 3.8) is 0 Å². The van der Waals surface area contributed by atoms with Crippen molar-refractivity contribution < 1.29 is 14.9 Å². The molecule has 25 heavy (non-hydrogen) atoms. The smallest absolute Gasteiger partial charge is 0.275 e. The summed E-state index contributed by atoms with van der Waals surface area (Å²) in [4.78, 5) is 23.4. The highest BCUT2D eigenvalue weighted by Gasteiger charge is 2.20. The molecule has 1 atom stereocenters. The summed E-state index contributed by atoms with van der Waals surface area (Å²) in [5.74, 6) is 0.782. The van der Waals surface area contributed by atoms with Crippen LogP contribution in [0.1, 0.15) is 51.8 Å². The van der Waals surface area contributed by atoms with Gasteiger partial charge in [0.2, 0.25) is 5.91 Å². The van der Waals surface area contributed by atoms with Gasteiger partial charge in [0, 0.05) is 18.0 Å². The fraction of sp³-hybridized carbons (Fsp3) is 0.600. The fourth-order valence-electron chi connectivity index (χ4n) is 2.89. The molecule has 0 aliphatic heterocycles. The minimum absolute atomic E-state index is 0.0385. The van der Waals surface area contributed by atoms with Gasteiger partial charge in [0.05, 0.1) is 6.54 Å². The maximum absolute atomic E-state index is 12.0. The average Bonchev–Trinajstić information content (AvgIpc) is 2.54. The van der Waals surface area contributed by atoms with E-state index < -0.39 is 0 Å². The van der Waals surface area contributed by atoms with E-state index >= 15 is 0 Å². The van der Waals surface area contributed by atoms with Crippen molar-refractivity contribution in [3.05, 3.63) is 35.4 Å². The van der Waals surface area contributed by atoms with Gasteiger partial charge in [0.1, 0.15) is 6.04 Å². The summed E-state index contributed by atoms with van der Waals surface area (Å²) in [6.45, 7) is 11.5. The number of benzene rings is 1. The van der Waals surface area contributed by atoms with Gasteiger partial charge in [-0.3, -0.25) is 9.59 Å². The number of quaternary nitrogens is 1. The van der Waals surface area contributed by atoms with Crippen LogP contribution >= 0.6 is 0 Å². The Kier molecular flexibility index (Phi) is 9.21. The van der Waals surface area contributed by atoms with E-state index in [-0.39, 0.29) is 24.4 Å². The molecule has 0 radical (unpaired) electrons. The first-order valence-electron chi connectivity index (χ1n) is 9.29. The van der Waals surface area contributed by atoms with E-state index in [1.165, 1.54) is 11.1 Å². The van der Waals surface area contributed by atoms with Crippen LogP contribution in [0.4, 0.5) is 0 Å². The Morgan fingerprint density at radius 2 is 1.64 bits per heavy atom. The van der Waals surface area contributed by atoms with Crippen molar-refractivity contribution in [3.8, 4) is 0 Å². The lowest BCUT2D eigenvalue weighted by Crippen LogP contribution is -2.88. The SMILES string of the molecule is CCNC(=O)CNC(=O)C[NH2+][C@H](c1ccc(CC(C)C)cc1)C(C)C. The summed E-state index contributed by atoms with van der Waals surface area (Å²) in [6, 6.07) is 8.95. The van der Waals surface area contributed by atoms with Gasteiger partial charge in [0.25, 0.3) is 5.91 Å². The molecule has 0 aromatic heterocycles. The molecule has 2 amide bonds. The van der Waals surface area contributed by atoms with E-state index in [0.29, 0.717) is 24.9 Å². The van der Waals surface area contributed by atoms with Gasteiger partial charge >= 0.3 is 0 Å². The first kappa shape index (κ1) is 21.2. The van der Waals surface area contributed by atoms with E-state index in [0.717, 1.165) is 6.42 Å². The number of rotatable bonds is 10. The summed E-state index contributed by atoms with van der Waals surface area (Å²) in [7, 11) is 0. The first-order chi connectivity index (χ1) is 11.8. The van der Waals surface area contributed by atoms with Crippen LogP contribution in [0.15, 0.2) is 24.3 Å². The summed E-state index contributed by atoms with van der Waals surface area (Å²) >= 11 is 0. The van der Waals surface area contributed by atoms with Crippen molar-refractivity contribution in [2.24, 2.45) is 11.8 Å². The topological polar surface area (TPSA) is 74.8 Å². The number of likely N-dealkylation sites (N-methyl/N-ethyl adjacent to an activating group) is 1. The second-order valence-electron chi connectivity index (χ2n) is 7.28. The quantitative estimate of drug-likeness (QED) is 0.598. The number of hydrogen-bond donors (Lipinski definition) is 3. The van der Waals surface area contributed by atoms with E-state index in [1.54, 1.807) is 0 Å². The van der Waals surface area contributed by atoms with E-state index in [2.05, 4.69) is 67.9 Å². The van der Waals surface area contributed by atoms with Crippen molar-refractivity contribution >= 4 is 11.8 Å². The lowest BCUT2D eigenvalue weighted by atomic mass is 9.94. The number of nitrogens with two attached hydrogens (primary N) is 1. The van der Waals surface area contributed by atoms with E-state index in [1.807, 2.05) is 6.92 Å². The monoisotopic (exact) mass is 348 g/mol. The third kappa shape index (κ3) is 8.16. The molecule has 140 valence electrons. The molecule has 4 N–H and O–H groups in total. The third-order valence-electron chi connectivity index (χ3n) is 4.10. The van der Waals surface area contributed by atoms with Crippen LogP contribution in [0.2, 0.25) is 0 Å². The van der Waals surface area contributed by atoms with Crippen LogP contribution in [0, 0.1) is 11.8 Å². The lowest BCUT2D eigenvalue weighted by molar-refractivity contribution is -0.692. The molecule has 0 saturated carbocycles. The van der Waals surface area contributed by atoms with Crippen molar-refractivity contribution in [1.29, 1.82) is 0 Å². The molecule has 0 aliphatic rings. The van der Waals surface area contributed by atoms with Crippen LogP contribution < -0.4 is 16.0 Å². The first-order valence-corrected chi connectivity index (χ1v) is 9.29. The molecule has 1 rings (SSSR count). The molecule has 0 aliphatic carbocycles. The summed E-state index contributed by atoms with van der Waals surface area (Å²) in [5, 5.41) is 7.38. The van der Waals surface area contributed by atoms with Crippen molar-refractivity contribution in [1.82, 2.24) is 10.6 Å². The zero-order valence-electron chi connectivity index (χ0n) is 16.3. The van der Waals surface area contributed by atoms with Crippen LogP contribution in [0.25, 0.3) is 0 Å². The number of amides is 2. The molecule has 1 aromatic carbocycles. The highest BCUT2D eigenvalue weighted by molar-refractivity contribution is 5.84. The standard InChI is InChI=1S/C20H33N3O2/c1-6-21-18(24)12-22-19(25)13-23-20(15(4)5)17-9-7-16(8-10-17)11-14(2)3/h7-10,14-15,20,23H,6,11-13H2,1-5H3,(H,21,24)(H,22,25)/p+1/t20-/m0/s1. The highest BCUT2D eigenvalue weighted by Crippen LogP contribution is 2.19. The normalized spacial score (nSPS) is 12.3. The Hall–Kier alpha value is -1.88. The molecule has 0 spiro atoms. The number of nitrogens with one attached hydrogen (secondary N) is 2. The van der Waals surface area contributed by atoms with Crippen molar-refractivity contribution in [2.75, 3.05) is 19.6 Å². The van der Waals surface area contributed by atoms with Gasteiger partial charge in [-0.25, -0.2) is 0 Å². The number of carbonyl (C=O) groups is 2. The van der Waals surface area contributed by atoms with Crippen LogP contribution in [0.5, 0.6) is 0 Å². The molecular formula is C20H34N3O2+. The predicted molar refractivity (Wildman–Crippen MR) is 101 cm³/mol. The zero-order chi connectivity index (χ0) is 18.8. The fourth-order valence-corrected chi connectivity index (χ4v) is 2.89. The Morgan fingerprint density at radius 1 is 1.00 bits per heavy atom. The summed E-state index contributed by atoms with van der Waals surface area (Å²) in [5.41, 5.74) is 2.58. The molecule has 0 unspecified atom stereocenters. The molecule has 0 bridgehead atoms. The Morgan fingerprint density at radius 3 is 2.16 bits per heavy atom. The largest absolute Gasteiger partial charge is 0.355 e. The molecule has 0 heterocycles. The molecule has 5 nitrogen and oxygen atoms in total. The van der Waals surface area contributed by atoms with Gasteiger partial charge in [0.15, 0.2) is 6.54 Å². The predicted octanol–water partition coefficient (Wildman–Crippen LogP) is 1.40. The maximum Gasteiger partial charge on any atom is 0.275 e. The second-order valence-corrected chi connectivity index (χ2v) is 7.28. The van der Waals surface area contributed by atoms with Crippen LogP contribution in [-0.4, -0.2) is 31.4 Å². The van der Waals surface area contributed by atoms with Gasteiger partial charge < -0.3 is 16.0 Å². The van der Waals surface area contributed by atoms with Gasteiger partial charge in [-0.15, -0.1) is 0 Å². The minimum atomic E-state index is -0.156. The van der Waals surface area contributed by atoms with E-state index in [4.69, 9.17) is 0 Å².